The lowest BCUT2D eigenvalue weighted by atomic mass is 10.1. The molecule has 0 spiro atoms. The van der Waals surface area contributed by atoms with Gasteiger partial charge in [-0.3, -0.25) is 9.48 Å². The van der Waals surface area contributed by atoms with Gasteiger partial charge in [-0.25, -0.2) is 9.67 Å². The summed E-state index contributed by atoms with van der Waals surface area (Å²) < 4.78 is 3.42. The van der Waals surface area contributed by atoms with Crippen LogP contribution in [0.4, 0.5) is 0 Å². The normalized spacial score (nSPS) is 11.0. The fourth-order valence-corrected chi connectivity index (χ4v) is 2.47. The molecule has 0 fully saturated rings. The zero-order chi connectivity index (χ0) is 17.1. The number of carbonyl (C=O) groups excluding carboxylic acids is 1. The van der Waals surface area contributed by atoms with E-state index in [9.17, 15) is 4.79 Å². The van der Waals surface area contributed by atoms with E-state index < -0.39 is 0 Å². The van der Waals surface area contributed by atoms with E-state index in [1.807, 2.05) is 43.4 Å². The Morgan fingerprint density at radius 1 is 1.21 bits per heavy atom. The van der Waals surface area contributed by atoms with E-state index in [0.29, 0.717) is 17.4 Å². The third kappa shape index (κ3) is 3.34. The highest BCUT2D eigenvalue weighted by atomic mass is 16.1. The van der Waals surface area contributed by atoms with Crippen LogP contribution in [-0.4, -0.2) is 30.5 Å². The monoisotopic (exact) mass is 324 g/mol. The zero-order valence-electron chi connectivity index (χ0n) is 14.0. The summed E-state index contributed by atoms with van der Waals surface area (Å²) >= 11 is 0. The average Bonchev–Trinajstić information content (AvgIpc) is 3.20. The largest absolute Gasteiger partial charge is 0.343 e. The van der Waals surface area contributed by atoms with E-state index in [4.69, 9.17) is 0 Å². The van der Waals surface area contributed by atoms with Gasteiger partial charge in [0.05, 0.1) is 12.2 Å². The molecule has 0 saturated heterocycles. The molecule has 0 unspecified atom stereocenters. The molecule has 0 aliphatic rings. The molecule has 3 rings (SSSR count). The maximum absolute atomic E-state index is 12.2. The van der Waals surface area contributed by atoms with Crippen LogP contribution >= 0.6 is 0 Å². The van der Waals surface area contributed by atoms with Crippen LogP contribution in [-0.2, 0) is 13.6 Å². The number of hydrogen-bond donors (Lipinski definition) is 1. The van der Waals surface area contributed by atoms with Gasteiger partial charge < -0.3 is 5.32 Å². The molecule has 0 aliphatic carbocycles. The van der Waals surface area contributed by atoms with Crippen LogP contribution < -0.4 is 5.32 Å². The summed E-state index contributed by atoms with van der Waals surface area (Å²) in [5, 5.41) is 11.4. The Morgan fingerprint density at radius 3 is 2.62 bits per heavy atom. The van der Waals surface area contributed by atoms with Gasteiger partial charge in [-0.1, -0.05) is 32.0 Å². The number of aromatic nitrogens is 5. The van der Waals surface area contributed by atoms with Crippen molar-refractivity contribution in [2.75, 3.05) is 0 Å². The zero-order valence-corrected chi connectivity index (χ0v) is 14.0. The van der Waals surface area contributed by atoms with Gasteiger partial charge in [0.1, 0.15) is 12.0 Å². The highest BCUT2D eigenvalue weighted by Crippen LogP contribution is 2.14. The molecule has 0 aliphatic heterocycles. The second kappa shape index (κ2) is 6.66. The van der Waals surface area contributed by atoms with Crippen LogP contribution in [0.3, 0.4) is 0 Å². The standard InChI is InChI=1S/C17H20N6O/c1-12(2)15-9-14(20-22(15)3)17(24)18-10-16-19-11-23(21-16)13-7-5-4-6-8-13/h4-9,11-12H,10H2,1-3H3,(H,18,24). The number of rotatable bonds is 5. The SMILES string of the molecule is CC(C)c1cc(C(=O)NCc2ncn(-c3ccccc3)n2)nn1C. The molecule has 24 heavy (non-hydrogen) atoms. The van der Waals surface area contributed by atoms with Gasteiger partial charge >= 0.3 is 0 Å². The number of carbonyl (C=O) groups is 1. The van der Waals surface area contributed by atoms with Gasteiger partial charge in [-0.2, -0.15) is 5.10 Å². The molecule has 1 N–H and O–H groups in total. The lowest BCUT2D eigenvalue weighted by Gasteiger charge is -2.02. The first kappa shape index (κ1) is 15.9. The molecule has 1 aromatic carbocycles. The van der Waals surface area contributed by atoms with Crippen molar-refractivity contribution in [1.29, 1.82) is 0 Å². The fourth-order valence-electron chi connectivity index (χ4n) is 2.47. The number of para-hydroxylation sites is 1. The van der Waals surface area contributed by atoms with Crippen LogP contribution in [0, 0.1) is 0 Å². The smallest absolute Gasteiger partial charge is 0.272 e. The van der Waals surface area contributed by atoms with Crippen molar-refractivity contribution in [2.45, 2.75) is 26.3 Å². The van der Waals surface area contributed by atoms with Gasteiger partial charge in [0.25, 0.3) is 5.91 Å². The van der Waals surface area contributed by atoms with Crippen LogP contribution in [0.5, 0.6) is 0 Å². The van der Waals surface area contributed by atoms with Gasteiger partial charge in [0.2, 0.25) is 0 Å². The molecule has 124 valence electrons. The maximum atomic E-state index is 12.2. The molecule has 2 aromatic heterocycles. The maximum Gasteiger partial charge on any atom is 0.272 e. The number of amides is 1. The summed E-state index contributed by atoms with van der Waals surface area (Å²) in [7, 11) is 1.84. The van der Waals surface area contributed by atoms with Crippen molar-refractivity contribution >= 4 is 5.91 Å². The van der Waals surface area contributed by atoms with Gasteiger partial charge in [-0.15, -0.1) is 5.10 Å². The van der Waals surface area contributed by atoms with Crippen LogP contribution in [0.2, 0.25) is 0 Å². The molecule has 0 atom stereocenters. The Hall–Kier alpha value is -2.96. The van der Waals surface area contributed by atoms with Crippen LogP contribution in [0.25, 0.3) is 5.69 Å². The fraction of sp³-hybridized carbons (Fsp3) is 0.294. The summed E-state index contributed by atoms with van der Waals surface area (Å²) in [6, 6.07) is 11.5. The Morgan fingerprint density at radius 2 is 1.96 bits per heavy atom. The lowest BCUT2D eigenvalue weighted by Crippen LogP contribution is -2.24. The molecule has 7 heteroatoms. The van der Waals surface area contributed by atoms with Crippen molar-refractivity contribution < 1.29 is 4.79 Å². The Kier molecular flexibility index (Phi) is 4.41. The highest BCUT2D eigenvalue weighted by Gasteiger charge is 2.15. The second-order valence-corrected chi connectivity index (χ2v) is 5.86. The van der Waals surface area contributed by atoms with Crippen molar-refractivity contribution in [3.63, 3.8) is 0 Å². The first-order valence-corrected chi connectivity index (χ1v) is 7.82. The minimum atomic E-state index is -0.228. The summed E-state index contributed by atoms with van der Waals surface area (Å²) in [6.07, 6.45) is 1.63. The number of nitrogens with zero attached hydrogens (tertiary/aromatic N) is 5. The van der Waals surface area contributed by atoms with Crippen LogP contribution in [0.15, 0.2) is 42.7 Å². The molecule has 0 saturated carbocycles. The highest BCUT2D eigenvalue weighted by molar-refractivity contribution is 5.92. The summed E-state index contributed by atoms with van der Waals surface area (Å²) in [5.74, 6) is 0.632. The third-order valence-corrected chi connectivity index (χ3v) is 3.71. The quantitative estimate of drug-likeness (QED) is 0.779. The topological polar surface area (TPSA) is 77.6 Å². The molecule has 2 heterocycles. The molecule has 1 amide bonds. The first-order chi connectivity index (χ1) is 11.5. The Bertz CT molecular complexity index is 834. The van der Waals surface area contributed by atoms with Gasteiger partial charge in [0.15, 0.2) is 5.82 Å². The summed E-state index contributed by atoms with van der Waals surface area (Å²) in [4.78, 5) is 16.5. The minimum absolute atomic E-state index is 0.228. The van der Waals surface area contributed by atoms with Crippen molar-refractivity contribution in [1.82, 2.24) is 29.9 Å². The van der Waals surface area contributed by atoms with Crippen molar-refractivity contribution in [3.05, 3.63) is 59.9 Å². The van der Waals surface area contributed by atoms with Crippen molar-refractivity contribution in [2.24, 2.45) is 7.05 Å². The molecular weight excluding hydrogens is 304 g/mol. The van der Waals surface area contributed by atoms with Gasteiger partial charge in [-0.05, 0) is 24.1 Å². The number of aryl methyl sites for hydroxylation is 1. The Labute approximate surface area is 140 Å². The van der Waals surface area contributed by atoms with Gasteiger partial charge in [0, 0.05) is 12.7 Å². The molecule has 7 nitrogen and oxygen atoms in total. The molecular formula is C17H20N6O. The summed E-state index contributed by atoms with van der Waals surface area (Å²) in [6.45, 7) is 4.39. The number of hydrogen-bond acceptors (Lipinski definition) is 4. The molecule has 3 aromatic rings. The van der Waals surface area contributed by atoms with E-state index in [1.54, 1.807) is 15.7 Å². The average molecular weight is 324 g/mol. The van der Waals surface area contributed by atoms with Crippen LogP contribution in [0.1, 0.15) is 41.8 Å². The second-order valence-electron chi connectivity index (χ2n) is 5.86. The predicted octanol–water partition coefficient (Wildman–Crippen LogP) is 2.05. The lowest BCUT2D eigenvalue weighted by molar-refractivity contribution is 0.0944. The minimum Gasteiger partial charge on any atom is -0.343 e. The first-order valence-electron chi connectivity index (χ1n) is 7.82. The number of benzene rings is 1. The number of nitrogens with one attached hydrogen (secondary N) is 1. The predicted molar refractivity (Wildman–Crippen MR) is 89.8 cm³/mol. The van der Waals surface area contributed by atoms with Crippen molar-refractivity contribution in [3.8, 4) is 5.69 Å². The van der Waals surface area contributed by atoms with E-state index in [1.165, 1.54) is 0 Å². The van der Waals surface area contributed by atoms with E-state index >= 15 is 0 Å². The summed E-state index contributed by atoms with van der Waals surface area (Å²) in [5.41, 5.74) is 2.35. The van der Waals surface area contributed by atoms with E-state index in [-0.39, 0.29) is 12.5 Å². The third-order valence-electron chi connectivity index (χ3n) is 3.71. The molecule has 0 bridgehead atoms. The van der Waals surface area contributed by atoms with E-state index in [2.05, 4.69) is 34.3 Å². The molecule has 0 radical (unpaired) electrons. The Balaban J connectivity index is 1.65. The van der Waals surface area contributed by atoms with E-state index in [0.717, 1.165) is 11.4 Å².